The summed E-state index contributed by atoms with van der Waals surface area (Å²) in [7, 11) is 0. The van der Waals surface area contributed by atoms with E-state index in [9.17, 15) is 0 Å². The molecular formula is C16H24BrClN2. The Morgan fingerprint density at radius 1 is 1.25 bits per heavy atom. The Bertz CT molecular complexity index is 476. The third-order valence-electron chi connectivity index (χ3n) is 4.51. The molecule has 1 aromatic rings. The lowest BCUT2D eigenvalue weighted by atomic mass is 9.83. The first-order valence-corrected chi connectivity index (χ1v) is 8.46. The van der Waals surface area contributed by atoms with Gasteiger partial charge in [-0.25, -0.2) is 0 Å². The second-order valence-corrected chi connectivity index (χ2v) is 8.02. The van der Waals surface area contributed by atoms with E-state index in [4.69, 9.17) is 17.3 Å². The van der Waals surface area contributed by atoms with E-state index in [-0.39, 0.29) is 5.54 Å². The molecule has 3 N–H and O–H groups in total. The Morgan fingerprint density at radius 2 is 2.00 bits per heavy atom. The molecule has 1 fully saturated rings. The van der Waals surface area contributed by atoms with Crippen molar-refractivity contribution in [3.8, 4) is 0 Å². The predicted molar refractivity (Wildman–Crippen MR) is 91.4 cm³/mol. The van der Waals surface area contributed by atoms with Crippen molar-refractivity contribution in [2.75, 3.05) is 11.9 Å². The maximum Gasteiger partial charge on any atom is 0.0549 e. The average Bonchev–Trinajstić information content (AvgIpc) is 2.54. The van der Waals surface area contributed by atoms with Crippen molar-refractivity contribution in [2.45, 2.75) is 51.5 Å². The molecular weight excluding hydrogens is 336 g/mol. The summed E-state index contributed by atoms with van der Waals surface area (Å²) in [6, 6.07) is 5.98. The van der Waals surface area contributed by atoms with Crippen molar-refractivity contribution >= 4 is 33.2 Å². The second kappa shape index (κ2) is 6.25. The first-order valence-electron chi connectivity index (χ1n) is 7.29. The van der Waals surface area contributed by atoms with E-state index < -0.39 is 0 Å². The van der Waals surface area contributed by atoms with E-state index in [2.05, 4.69) is 35.1 Å². The van der Waals surface area contributed by atoms with Crippen LogP contribution in [0.1, 0.15) is 46.0 Å². The summed E-state index contributed by atoms with van der Waals surface area (Å²) in [6.07, 6.45) is 5.97. The van der Waals surface area contributed by atoms with E-state index >= 15 is 0 Å². The van der Waals surface area contributed by atoms with Gasteiger partial charge in [-0.2, -0.15) is 0 Å². The minimum absolute atomic E-state index is 0.0149. The van der Waals surface area contributed by atoms with E-state index in [1.165, 1.54) is 19.3 Å². The van der Waals surface area contributed by atoms with Crippen molar-refractivity contribution in [3.05, 3.63) is 27.7 Å². The molecule has 2 nitrogen and oxygen atoms in total. The van der Waals surface area contributed by atoms with Crippen molar-refractivity contribution in [1.82, 2.24) is 0 Å². The Labute approximate surface area is 135 Å². The molecule has 2 rings (SSSR count). The van der Waals surface area contributed by atoms with Gasteiger partial charge in [0, 0.05) is 22.2 Å². The first kappa shape index (κ1) is 16.1. The normalized spacial score (nSPS) is 26.1. The predicted octanol–water partition coefficient (Wildman–Crippen LogP) is 5.20. The molecule has 0 radical (unpaired) electrons. The zero-order valence-corrected chi connectivity index (χ0v) is 14.6. The Balaban J connectivity index is 2.16. The topological polar surface area (TPSA) is 38.0 Å². The molecule has 1 aliphatic carbocycles. The quantitative estimate of drug-likeness (QED) is 0.728. The van der Waals surface area contributed by atoms with Gasteiger partial charge in [0.05, 0.1) is 5.02 Å². The molecule has 1 saturated carbocycles. The number of hydrogen-bond acceptors (Lipinski definition) is 2. The summed E-state index contributed by atoms with van der Waals surface area (Å²) in [4.78, 5) is 0. The maximum atomic E-state index is 6.11. The molecule has 1 aliphatic rings. The number of benzene rings is 1. The van der Waals surface area contributed by atoms with Crippen LogP contribution in [0.5, 0.6) is 0 Å². The molecule has 4 heteroatoms. The maximum absolute atomic E-state index is 6.11. The highest BCUT2D eigenvalue weighted by Gasteiger charge is 2.34. The van der Waals surface area contributed by atoms with Crippen LogP contribution in [-0.4, -0.2) is 12.1 Å². The van der Waals surface area contributed by atoms with Crippen LogP contribution in [-0.2, 0) is 0 Å². The standard InChI is InChI=1S/C16H24BrClN2/c1-15(2)6-3-7-16(11-19,9-8-15)20-12-4-5-14(18)13(17)10-12/h4-5,10,20H,3,6-9,11,19H2,1-2H3. The highest BCUT2D eigenvalue weighted by Crippen LogP contribution is 2.39. The van der Waals surface area contributed by atoms with E-state index in [1.807, 2.05) is 18.2 Å². The van der Waals surface area contributed by atoms with Crippen LogP contribution in [0.25, 0.3) is 0 Å². The molecule has 0 spiro atoms. The molecule has 0 aromatic heterocycles. The van der Waals surface area contributed by atoms with Gasteiger partial charge >= 0.3 is 0 Å². The second-order valence-electron chi connectivity index (χ2n) is 6.76. The van der Waals surface area contributed by atoms with Gasteiger partial charge in [-0.05, 0) is 65.2 Å². The van der Waals surface area contributed by atoms with Crippen molar-refractivity contribution in [3.63, 3.8) is 0 Å². The summed E-state index contributed by atoms with van der Waals surface area (Å²) in [5.41, 5.74) is 7.65. The van der Waals surface area contributed by atoms with Crippen molar-refractivity contribution in [1.29, 1.82) is 0 Å². The van der Waals surface area contributed by atoms with Crippen LogP contribution in [0, 0.1) is 5.41 Å². The zero-order valence-electron chi connectivity index (χ0n) is 12.3. The monoisotopic (exact) mass is 358 g/mol. The Kier molecular flexibility index (Phi) is 5.04. The Morgan fingerprint density at radius 3 is 2.65 bits per heavy atom. The van der Waals surface area contributed by atoms with Crippen LogP contribution in [0.3, 0.4) is 0 Å². The van der Waals surface area contributed by atoms with Gasteiger partial charge < -0.3 is 11.1 Å². The number of rotatable bonds is 3. The largest absolute Gasteiger partial charge is 0.378 e. The molecule has 112 valence electrons. The van der Waals surface area contributed by atoms with E-state index in [0.717, 1.165) is 28.0 Å². The molecule has 0 bridgehead atoms. The molecule has 0 aliphatic heterocycles. The average molecular weight is 360 g/mol. The lowest BCUT2D eigenvalue weighted by Crippen LogP contribution is -2.45. The molecule has 1 unspecified atom stereocenters. The number of hydrogen-bond donors (Lipinski definition) is 2. The first-order chi connectivity index (χ1) is 9.36. The summed E-state index contributed by atoms with van der Waals surface area (Å²) in [5.74, 6) is 0. The fourth-order valence-electron chi connectivity index (χ4n) is 2.99. The van der Waals surface area contributed by atoms with E-state index in [0.29, 0.717) is 12.0 Å². The van der Waals surface area contributed by atoms with Gasteiger partial charge in [0.15, 0.2) is 0 Å². The van der Waals surface area contributed by atoms with E-state index in [1.54, 1.807) is 0 Å². The van der Waals surface area contributed by atoms with Gasteiger partial charge in [0.1, 0.15) is 0 Å². The van der Waals surface area contributed by atoms with Gasteiger partial charge in [0.25, 0.3) is 0 Å². The number of nitrogens with one attached hydrogen (secondary N) is 1. The summed E-state index contributed by atoms with van der Waals surface area (Å²) in [5, 5.41) is 4.41. The minimum atomic E-state index is 0.0149. The van der Waals surface area contributed by atoms with Crippen LogP contribution in [0.15, 0.2) is 22.7 Å². The lowest BCUT2D eigenvalue weighted by molar-refractivity contribution is 0.305. The molecule has 0 amide bonds. The third-order valence-corrected chi connectivity index (χ3v) is 5.72. The summed E-state index contributed by atoms with van der Waals surface area (Å²) in [6.45, 7) is 5.39. The SMILES string of the molecule is CC1(C)CCCC(CN)(Nc2ccc(Cl)c(Br)c2)CC1. The molecule has 1 atom stereocenters. The smallest absolute Gasteiger partial charge is 0.0549 e. The fraction of sp³-hybridized carbons (Fsp3) is 0.625. The summed E-state index contributed by atoms with van der Waals surface area (Å²) < 4.78 is 0.922. The molecule has 1 aromatic carbocycles. The number of nitrogens with two attached hydrogens (primary N) is 1. The summed E-state index contributed by atoms with van der Waals surface area (Å²) >= 11 is 9.54. The lowest BCUT2D eigenvalue weighted by Gasteiger charge is -2.34. The molecule has 0 heterocycles. The van der Waals surface area contributed by atoms with Crippen LogP contribution in [0.2, 0.25) is 5.02 Å². The van der Waals surface area contributed by atoms with Gasteiger partial charge in [-0.15, -0.1) is 0 Å². The molecule has 0 saturated heterocycles. The van der Waals surface area contributed by atoms with Gasteiger partial charge in [-0.1, -0.05) is 31.9 Å². The number of halogens is 2. The molecule has 20 heavy (non-hydrogen) atoms. The van der Waals surface area contributed by atoms with Crippen molar-refractivity contribution < 1.29 is 0 Å². The highest BCUT2D eigenvalue weighted by molar-refractivity contribution is 9.10. The third kappa shape index (κ3) is 3.90. The fourth-order valence-corrected chi connectivity index (χ4v) is 3.49. The van der Waals surface area contributed by atoms with Crippen LogP contribution < -0.4 is 11.1 Å². The Hall–Kier alpha value is -0.250. The van der Waals surface area contributed by atoms with Crippen LogP contribution in [0.4, 0.5) is 5.69 Å². The van der Waals surface area contributed by atoms with Crippen LogP contribution >= 0.6 is 27.5 Å². The minimum Gasteiger partial charge on any atom is -0.378 e. The highest BCUT2D eigenvalue weighted by atomic mass is 79.9. The number of anilines is 1. The van der Waals surface area contributed by atoms with Gasteiger partial charge in [0.2, 0.25) is 0 Å². The van der Waals surface area contributed by atoms with Crippen molar-refractivity contribution in [2.24, 2.45) is 11.1 Å². The zero-order chi connectivity index (χ0) is 14.8. The van der Waals surface area contributed by atoms with Gasteiger partial charge in [-0.3, -0.25) is 0 Å².